The fourth-order valence-electron chi connectivity index (χ4n) is 3.89. The van der Waals surface area contributed by atoms with Gasteiger partial charge >= 0.3 is 0 Å². The lowest BCUT2D eigenvalue weighted by Crippen LogP contribution is -2.44. The summed E-state index contributed by atoms with van der Waals surface area (Å²) < 4.78 is 20.0. The van der Waals surface area contributed by atoms with E-state index in [1.54, 1.807) is 24.3 Å². The molecule has 166 valence electrons. The number of para-hydroxylation sites is 2. The third-order valence-electron chi connectivity index (χ3n) is 5.56. The van der Waals surface area contributed by atoms with E-state index in [2.05, 4.69) is 11.4 Å². The third kappa shape index (κ3) is 5.02. The molecule has 0 atom stereocenters. The summed E-state index contributed by atoms with van der Waals surface area (Å²) in [5.41, 5.74) is 1.91. The molecule has 7 heteroatoms. The van der Waals surface area contributed by atoms with Gasteiger partial charge in [-0.15, -0.1) is 0 Å². The number of fused-ring (bicyclic) bond motifs is 1. The first-order chi connectivity index (χ1) is 15.5. The van der Waals surface area contributed by atoms with Gasteiger partial charge in [-0.05, 0) is 62.4 Å². The molecule has 0 aromatic heterocycles. The van der Waals surface area contributed by atoms with E-state index in [-0.39, 0.29) is 28.8 Å². The topological polar surface area (TPSA) is 58.6 Å². The summed E-state index contributed by atoms with van der Waals surface area (Å²) in [6.07, 6.45) is 8.94. The van der Waals surface area contributed by atoms with Crippen molar-refractivity contribution in [2.75, 3.05) is 18.0 Å². The van der Waals surface area contributed by atoms with Gasteiger partial charge in [0.05, 0.1) is 10.7 Å². The summed E-state index contributed by atoms with van der Waals surface area (Å²) in [4.78, 5) is 27.1. The molecule has 0 bridgehead atoms. The Labute approximate surface area is 191 Å². The summed E-state index contributed by atoms with van der Waals surface area (Å²) in [7, 11) is 0. The van der Waals surface area contributed by atoms with E-state index in [1.807, 2.05) is 0 Å². The Kier molecular flexibility index (Phi) is 6.90. The average Bonchev–Trinajstić information content (AvgIpc) is 2.79. The number of ether oxygens (including phenoxy) is 1. The van der Waals surface area contributed by atoms with Crippen molar-refractivity contribution < 1.29 is 18.7 Å². The van der Waals surface area contributed by atoms with Gasteiger partial charge in [0, 0.05) is 12.1 Å². The Morgan fingerprint density at radius 1 is 1.19 bits per heavy atom. The molecule has 2 aliphatic rings. The van der Waals surface area contributed by atoms with Crippen molar-refractivity contribution in [1.82, 2.24) is 5.32 Å². The number of rotatable bonds is 6. The molecule has 0 radical (unpaired) electrons. The van der Waals surface area contributed by atoms with E-state index >= 15 is 0 Å². The monoisotopic (exact) mass is 454 g/mol. The van der Waals surface area contributed by atoms with Crippen LogP contribution in [0, 0.1) is 5.82 Å². The van der Waals surface area contributed by atoms with E-state index in [0.717, 1.165) is 19.3 Å². The van der Waals surface area contributed by atoms with Crippen molar-refractivity contribution in [3.63, 3.8) is 0 Å². The number of carbonyl (C=O) groups excluding carboxylic acids is 2. The van der Waals surface area contributed by atoms with Gasteiger partial charge in [0.15, 0.2) is 11.5 Å². The van der Waals surface area contributed by atoms with E-state index in [0.29, 0.717) is 18.0 Å². The van der Waals surface area contributed by atoms with Gasteiger partial charge < -0.3 is 10.1 Å². The van der Waals surface area contributed by atoms with Crippen molar-refractivity contribution in [1.29, 1.82) is 0 Å². The minimum absolute atomic E-state index is 0.0575. The van der Waals surface area contributed by atoms with Gasteiger partial charge in [-0.1, -0.05) is 41.4 Å². The molecule has 1 aliphatic heterocycles. The van der Waals surface area contributed by atoms with Gasteiger partial charge in [-0.25, -0.2) is 4.39 Å². The number of benzene rings is 2. The van der Waals surface area contributed by atoms with E-state index in [1.165, 1.54) is 47.6 Å². The van der Waals surface area contributed by atoms with Crippen LogP contribution in [0.15, 0.2) is 59.9 Å². The fourth-order valence-corrected chi connectivity index (χ4v) is 4.11. The standard InChI is InChI=1S/C25H24ClFN2O3/c26-19-9-6-10-20(27)18(19)15-23-25(31)29(21-11-4-5-12-22(21)32-23)16-24(30)28-14-13-17-7-2-1-3-8-17/h4-7,9-12,15H,1-3,8,13-14,16H2,(H,28,30). The Hall–Kier alpha value is -3.12. The molecule has 5 nitrogen and oxygen atoms in total. The van der Waals surface area contributed by atoms with Crippen LogP contribution in [0.5, 0.6) is 5.75 Å². The summed E-state index contributed by atoms with van der Waals surface area (Å²) >= 11 is 6.10. The smallest absolute Gasteiger partial charge is 0.294 e. The Morgan fingerprint density at radius 2 is 2.03 bits per heavy atom. The summed E-state index contributed by atoms with van der Waals surface area (Å²) in [6, 6.07) is 11.2. The van der Waals surface area contributed by atoms with Gasteiger partial charge in [0.2, 0.25) is 5.91 Å². The first kappa shape index (κ1) is 22.1. The normalized spacial score (nSPS) is 16.9. The number of allylic oxidation sites excluding steroid dienone is 1. The molecular weight excluding hydrogens is 431 g/mol. The van der Waals surface area contributed by atoms with E-state index in [9.17, 15) is 14.0 Å². The largest absolute Gasteiger partial charge is 0.449 e. The summed E-state index contributed by atoms with van der Waals surface area (Å²) in [6.45, 7) is 0.360. The Bertz CT molecular complexity index is 1080. The Balaban J connectivity index is 1.51. The molecule has 32 heavy (non-hydrogen) atoms. The SMILES string of the molecule is O=C(CN1C(=O)C(=Cc2c(F)cccc2Cl)Oc2ccccc21)NCCC1=CCCCC1. The minimum atomic E-state index is -0.568. The first-order valence-corrected chi connectivity index (χ1v) is 11.1. The van der Waals surface area contributed by atoms with Crippen molar-refractivity contribution in [2.24, 2.45) is 0 Å². The third-order valence-corrected chi connectivity index (χ3v) is 5.89. The van der Waals surface area contributed by atoms with Crippen LogP contribution in [0.3, 0.4) is 0 Å². The van der Waals surface area contributed by atoms with Crippen LogP contribution < -0.4 is 15.0 Å². The zero-order chi connectivity index (χ0) is 22.5. The molecule has 1 heterocycles. The van der Waals surface area contributed by atoms with Crippen molar-refractivity contribution in [3.05, 3.63) is 76.3 Å². The number of carbonyl (C=O) groups is 2. The summed E-state index contributed by atoms with van der Waals surface area (Å²) in [5.74, 6) is -1.06. The maximum Gasteiger partial charge on any atom is 0.294 e. The highest BCUT2D eigenvalue weighted by Crippen LogP contribution is 2.36. The van der Waals surface area contributed by atoms with Gasteiger partial charge in [0.25, 0.3) is 5.91 Å². The molecule has 2 aromatic carbocycles. The zero-order valence-electron chi connectivity index (χ0n) is 17.6. The number of hydrogen-bond donors (Lipinski definition) is 1. The lowest BCUT2D eigenvalue weighted by Gasteiger charge is -2.30. The van der Waals surface area contributed by atoms with Crippen LogP contribution in [-0.2, 0) is 9.59 Å². The molecule has 0 saturated heterocycles. The molecule has 0 fully saturated rings. The molecule has 1 aliphatic carbocycles. The predicted octanol–water partition coefficient (Wildman–Crippen LogP) is 5.25. The van der Waals surface area contributed by atoms with Crippen LogP contribution in [0.25, 0.3) is 6.08 Å². The zero-order valence-corrected chi connectivity index (χ0v) is 18.3. The lowest BCUT2D eigenvalue weighted by atomic mass is 9.97. The first-order valence-electron chi connectivity index (χ1n) is 10.7. The van der Waals surface area contributed by atoms with Gasteiger partial charge in [-0.3, -0.25) is 14.5 Å². The number of halogens is 2. The molecule has 4 rings (SSSR count). The molecule has 1 N–H and O–H groups in total. The quantitative estimate of drug-likeness (QED) is 0.479. The van der Waals surface area contributed by atoms with Gasteiger partial charge in [0.1, 0.15) is 12.4 Å². The second-order valence-corrected chi connectivity index (χ2v) is 8.22. The van der Waals surface area contributed by atoms with Crippen LogP contribution in [-0.4, -0.2) is 24.9 Å². The molecule has 0 saturated carbocycles. The lowest BCUT2D eigenvalue weighted by molar-refractivity contribution is -0.123. The van der Waals surface area contributed by atoms with Crippen LogP contribution in [0.1, 0.15) is 37.7 Å². The second-order valence-electron chi connectivity index (χ2n) is 7.81. The fraction of sp³-hybridized carbons (Fsp3) is 0.280. The number of hydrogen-bond acceptors (Lipinski definition) is 3. The molecule has 2 aromatic rings. The molecule has 2 amide bonds. The highest BCUT2D eigenvalue weighted by molar-refractivity contribution is 6.32. The minimum Gasteiger partial charge on any atom is -0.449 e. The number of nitrogens with zero attached hydrogens (tertiary/aromatic N) is 1. The maximum atomic E-state index is 14.3. The predicted molar refractivity (Wildman–Crippen MR) is 123 cm³/mol. The highest BCUT2D eigenvalue weighted by atomic mass is 35.5. The second kappa shape index (κ2) is 10.0. The number of nitrogens with one attached hydrogen (secondary N) is 1. The van der Waals surface area contributed by atoms with E-state index < -0.39 is 11.7 Å². The molecule has 0 spiro atoms. The molecular formula is C25H24ClFN2O3. The Morgan fingerprint density at radius 3 is 2.81 bits per heavy atom. The number of amides is 2. The van der Waals surface area contributed by atoms with E-state index in [4.69, 9.17) is 16.3 Å². The van der Waals surface area contributed by atoms with Crippen LogP contribution in [0.2, 0.25) is 5.02 Å². The van der Waals surface area contributed by atoms with Crippen molar-refractivity contribution >= 4 is 35.2 Å². The van der Waals surface area contributed by atoms with Crippen molar-refractivity contribution in [3.8, 4) is 5.75 Å². The van der Waals surface area contributed by atoms with Crippen LogP contribution in [0.4, 0.5) is 10.1 Å². The van der Waals surface area contributed by atoms with Crippen LogP contribution >= 0.6 is 11.6 Å². The number of anilines is 1. The maximum absolute atomic E-state index is 14.3. The summed E-state index contributed by atoms with van der Waals surface area (Å²) in [5, 5.41) is 3.06. The van der Waals surface area contributed by atoms with Gasteiger partial charge in [-0.2, -0.15) is 0 Å². The van der Waals surface area contributed by atoms with Crippen molar-refractivity contribution in [2.45, 2.75) is 32.1 Å². The molecule has 0 unspecified atom stereocenters. The average molecular weight is 455 g/mol. The highest BCUT2D eigenvalue weighted by Gasteiger charge is 2.32.